The first-order valence-corrected chi connectivity index (χ1v) is 13.2. The van der Waals surface area contributed by atoms with Crippen molar-refractivity contribution in [1.29, 1.82) is 0 Å². The zero-order chi connectivity index (χ0) is 24.4. The number of nitrogens with one attached hydrogen (secondary N) is 1. The number of carbonyl (C=O) groups excluding carboxylic acids is 2. The maximum atomic E-state index is 13.8. The molecular weight excluding hydrogens is 444 g/mol. The minimum Gasteiger partial charge on any atom is -0.384 e. The molecule has 2 aromatic rings. The summed E-state index contributed by atoms with van der Waals surface area (Å²) in [6.07, 6.45) is 8.98. The SMILES string of the molecule is COCC1CCN(C(=O)c2cc(NC(=O)CC3CCCC3)cc3nc([C@H]4CCCO4)n(C)c23)CC1. The zero-order valence-electron chi connectivity index (χ0n) is 21.1. The number of aryl methyl sites for hydroxylation is 1. The molecule has 2 aliphatic heterocycles. The van der Waals surface area contributed by atoms with Crippen LogP contribution in [0.5, 0.6) is 0 Å². The number of hydrogen-bond acceptors (Lipinski definition) is 5. The summed E-state index contributed by atoms with van der Waals surface area (Å²) < 4.78 is 13.2. The molecule has 3 fully saturated rings. The fraction of sp³-hybridized carbons (Fsp3) is 0.667. The first-order valence-electron chi connectivity index (χ1n) is 13.2. The lowest BCUT2D eigenvalue weighted by Crippen LogP contribution is -2.39. The van der Waals surface area contributed by atoms with Gasteiger partial charge in [-0.15, -0.1) is 0 Å². The summed E-state index contributed by atoms with van der Waals surface area (Å²) in [5.74, 6) is 1.83. The Labute approximate surface area is 207 Å². The van der Waals surface area contributed by atoms with Crippen molar-refractivity contribution in [1.82, 2.24) is 14.5 Å². The number of amides is 2. The highest BCUT2D eigenvalue weighted by Crippen LogP contribution is 2.34. The zero-order valence-corrected chi connectivity index (χ0v) is 21.1. The van der Waals surface area contributed by atoms with Gasteiger partial charge in [-0.1, -0.05) is 12.8 Å². The number of rotatable bonds is 7. The van der Waals surface area contributed by atoms with Crippen LogP contribution < -0.4 is 5.32 Å². The molecule has 1 aliphatic carbocycles. The summed E-state index contributed by atoms with van der Waals surface area (Å²) >= 11 is 0. The molecule has 8 nitrogen and oxygen atoms in total. The Hall–Kier alpha value is -2.45. The largest absolute Gasteiger partial charge is 0.384 e. The van der Waals surface area contributed by atoms with Crippen LogP contribution in [-0.2, 0) is 21.3 Å². The summed E-state index contributed by atoms with van der Waals surface area (Å²) in [7, 11) is 3.70. The molecule has 1 aromatic carbocycles. The van der Waals surface area contributed by atoms with Crippen molar-refractivity contribution in [2.75, 3.05) is 38.7 Å². The molecule has 35 heavy (non-hydrogen) atoms. The Bertz CT molecular complexity index is 1060. The summed E-state index contributed by atoms with van der Waals surface area (Å²) in [4.78, 5) is 33.4. The average molecular weight is 483 g/mol. The normalized spacial score (nSPS) is 21.8. The smallest absolute Gasteiger partial charge is 0.256 e. The van der Waals surface area contributed by atoms with Crippen LogP contribution in [-0.4, -0.2) is 59.7 Å². The van der Waals surface area contributed by atoms with E-state index in [1.807, 2.05) is 28.6 Å². The Morgan fingerprint density at radius 2 is 1.86 bits per heavy atom. The average Bonchev–Trinajstić information content (AvgIpc) is 3.61. The third kappa shape index (κ3) is 5.23. The number of nitrogens with zero attached hydrogens (tertiary/aromatic N) is 3. The number of aromatic nitrogens is 2. The summed E-state index contributed by atoms with van der Waals surface area (Å²) in [6, 6.07) is 3.75. The fourth-order valence-electron chi connectivity index (χ4n) is 6.07. The molecule has 8 heteroatoms. The topological polar surface area (TPSA) is 85.7 Å². The van der Waals surface area contributed by atoms with Crippen molar-refractivity contribution in [3.05, 3.63) is 23.5 Å². The lowest BCUT2D eigenvalue weighted by molar-refractivity contribution is -0.117. The molecule has 0 spiro atoms. The standard InChI is InChI=1S/C27H38N4O4/c1-30-25-21(27(33)31-11-9-19(10-12-31)17-34-2)15-20(28-24(32)14-18-6-3-4-7-18)16-22(25)29-26(30)23-8-5-13-35-23/h15-16,18-19,23H,3-14,17H2,1-2H3,(H,28,32)/t23-/m1/s1. The molecular formula is C27H38N4O4. The molecule has 1 saturated carbocycles. The molecule has 190 valence electrons. The second-order valence-electron chi connectivity index (χ2n) is 10.5. The van der Waals surface area contributed by atoms with E-state index in [9.17, 15) is 9.59 Å². The van der Waals surface area contributed by atoms with E-state index in [1.165, 1.54) is 12.8 Å². The van der Waals surface area contributed by atoms with Crippen molar-refractivity contribution in [2.45, 2.75) is 63.9 Å². The Balaban J connectivity index is 1.44. The predicted octanol–water partition coefficient (Wildman–Crippen LogP) is 4.44. The molecule has 3 aliphatic rings. The van der Waals surface area contributed by atoms with E-state index in [2.05, 4.69) is 5.32 Å². The molecule has 0 radical (unpaired) electrons. The molecule has 2 saturated heterocycles. The van der Waals surface area contributed by atoms with Crippen LogP contribution in [0.1, 0.15) is 80.1 Å². The van der Waals surface area contributed by atoms with Gasteiger partial charge in [0.1, 0.15) is 11.9 Å². The summed E-state index contributed by atoms with van der Waals surface area (Å²) in [6.45, 7) is 2.89. The molecule has 2 amide bonds. The molecule has 0 unspecified atom stereocenters. The van der Waals surface area contributed by atoms with Gasteiger partial charge in [-0.3, -0.25) is 9.59 Å². The van der Waals surface area contributed by atoms with Gasteiger partial charge in [0.05, 0.1) is 16.6 Å². The number of likely N-dealkylation sites (tertiary alicyclic amines) is 1. The van der Waals surface area contributed by atoms with Crippen LogP contribution in [0.15, 0.2) is 12.1 Å². The first-order chi connectivity index (χ1) is 17.0. The number of hydrogen-bond donors (Lipinski definition) is 1. The van der Waals surface area contributed by atoms with Gasteiger partial charge in [-0.25, -0.2) is 4.98 Å². The molecule has 5 rings (SSSR count). The highest BCUT2D eigenvalue weighted by atomic mass is 16.5. The monoisotopic (exact) mass is 482 g/mol. The third-order valence-corrected chi connectivity index (χ3v) is 7.99. The van der Waals surface area contributed by atoms with Crippen LogP contribution in [0.4, 0.5) is 5.69 Å². The highest BCUT2D eigenvalue weighted by molar-refractivity contribution is 6.07. The number of imidazole rings is 1. The third-order valence-electron chi connectivity index (χ3n) is 7.99. The predicted molar refractivity (Wildman–Crippen MR) is 134 cm³/mol. The number of piperidine rings is 1. The molecule has 1 aromatic heterocycles. The number of methoxy groups -OCH3 is 1. The van der Waals surface area contributed by atoms with Crippen LogP contribution in [0.25, 0.3) is 11.0 Å². The Kier molecular flexibility index (Phi) is 7.39. The van der Waals surface area contributed by atoms with Gasteiger partial charge in [-0.05, 0) is 62.5 Å². The van der Waals surface area contributed by atoms with E-state index in [0.717, 1.165) is 68.6 Å². The van der Waals surface area contributed by atoms with Gasteiger partial charge in [0, 0.05) is 52.6 Å². The first kappa shape index (κ1) is 24.3. The van der Waals surface area contributed by atoms with Gasteiger partial charge in [0.15, 0.2) is 0 Å². The van der Waals surface area contributed by atoms with E-state index >= 15 is 0 Å². The van der Waals surface area contributed by atoms with E-state index in [1.54, 1.807) is 7.11 Å². The van der Waals surface area contributed by atoms with Crippen LogP contribution in [0.2, 0.25) is 0 Å². The fourth-order valence-corrected chi connectivity index (χ4v) is 6.07. The molecule has 1 atom stereocenters. The number of ether oxygens (including phenoxy) is 2. The van der Waals surface area contributed by atoms with Gasteiger partial charge in [0.2, 0.25) is 5.91 Å². The quantitative estimate of drug-likeness (QED) is 0.631. The van der Waals surface area contributed by atoms with Crippen molar-refractivity contribution in [3.8, 4) is 0 Å². The maximum absolute atomic E-state index is 13.8. The van der Waals surface area contributed by atoms with Gasteiger partial charge in [0.25, 0.3) is 5.91 Å². The van der Waals surface area contributed by atoms with E-state index in [4.69, 9.17) is 14.5 Å². The highest BCUT2D eigenvalue weighted by Gasteiger charge is 2.29. The van der Waals surface area contributed by atoms with Crippen LogP contribution >= 0.6 is 0 Å². The van der Waals surface area contributed by atoms with Crippen molar-refractivity contribution >= 4 is 28.5 Å². The Morgan fingerprint density at radius 1 is 1.09 bits per heavy atom. The number of benzene rings is 1. The minimum atomic E-state index is -0.0550. The van der Waals surface area contributed by atoms with E-state index < -0.39 is 0 Å². The van der Waals surface area contributed by atoms with Crippen LogP contribution in [0.3, 0.4) is 0 Å². The second kappa shape index (κ2) is 10.7. The summed E-state index contributed by atoms with van der Waals surface area (Å²) in [5, 5.41) is 3.07. The van der Waals surface area contributed by atoms with E-state index in [-0.39, 0.29) is 17.9 Å². The van der Waals surface area contributed by atoms with Gasteiger partial charge >= 0.3 is 0 Å². The Morgan fingerprint density at radius 3 is 2.54 bits per heavy atom. The lowest BCUT2D eigenvalue weighted by atomic mass is 9.97. The van der Waals surface area contributed by atoms with Crippen molar-refractivity contribution in [2.24, 2.45) is 18.9 Å². The summed E-state index contributed by atoms with van der Waals surface area (Å²) in [5.41, 5.74) is 2.79. The lowest BCUT2D eigenvalue weighted by Gasteiger charge is -2.32. The van der Waals surface area contributed by atoms with Crippen LogP contribution in [0, 0.1) is 11.8 Å². The number of anilines is 1. The molecule has 0 bridgehead atoms. The second-order valence-corrected chi connectivity index (χ2v) is 10.5. The van der Waals surface area contributed by atoms with Gasteiger partial charge in [-0.2, -0.15) is 0 Å². The molecule has 3 heterocycles. The van der Waals surface area contributed by atoms with Gasteiger partial charge < -0.3 is 24.3 Å². The van der Waals surface area contributed by atoms with E-state index in [0.29, 0.717) is 42.6 Å². The number of fused-ring (bicyclic) bond motifs is 1. The molecule has 1 N–H and O–H groups in total. The van der Waals surface area contributed by atoms with Crippen molar-refractivity contribution in [3.63, 3.8) is 0 Å². The minimum absolute atomic E-state index is 0.000325. The van der Waals surface area contributed by atoms with Crippen molar-refractivity contribution < 1.29 is 19.1 Å². The maximum Gasteiger partial charge on any atom is 0.256 e. The number of carbonyl (C=O) groups is 2.